The van der Waals surface area contributed by atoms with E-state index in [1.54, 1.807) is 16.2 Å². The van der Waals surface area contributed by atoms with Crippen molar-refractivity contribution < 1.29 is 14.5 Å². The molecule has 1 saturated carbocycles. The Hall–Kier alpha value is -2.74. The molecule has 1 aliphatic carbocycles. The molecule has 0 spiro atoms. The minimum Gasteiger partial charge on any atom is -0.351 e. The number of thiophene rings is 1. The van der Waals surface area contributed by atoms with Crippen LogP contribution in [0.3, 0.4) is 0 Å². The predicted molar refractivity (Wildman–Crippen MR) is 107 cm³/mol. The fourth-order valence-corrected chi connectivity index (χ4v) is 3.77. The van der Waals surface area contributed by atoms with Crippen LogP contribution in [-0.4, -0.2) is 33.2 Å². The highest BCUT2D eigenvalue weighted by Gasteiger charge is 2.49. The average Bonchev–Trinajstić information content (AvgIpc) is 3.25. The molecule has 1 aliphatic rings. The number of amides is 2. The molecule has 2 amide bonds. The second-order valence-corrected chi connectivity index (χ2v) is 9.00. The summed E-state index contributed by atoms with van der Waals surface area (Å²) in [5, 5.41) is 15.8. The summed E-state index contributed by atoms with van der Waals surface area (Å²) >= 11 is 1.55. The zero-order valence-corrected chi connectivity index (χ0v) is 16.9. The van der Waals surface area contributed by atoms with Crippen LogP contribution >= 0.6 is 11.3 Å². The molecule has 0 radical (unpaired) electrons. The van der Waals surface area contributed by atoms with E-state index >= 15 is 0 Å². The molecule has 28 heavy (non-hydrogen) atoms. The number of non-ortho nitro benzene ring substituents is 1. The lowest BCUT2D eigenvalue weighted by Crippen LogP contribution is -2.43. The van der Waals surface area contributed by atoms with Crippen molar-refractivity contribution in [2.45, 2.75) is 45.3 Å². The van der Waals surface area contributed by atoms with Gasteiger partial charge in [0.1, 0.15) is 0 Å². The molecule has 0 bridgehead atoms. The molecular formula is C20H23N3O4S. The maximum absolute atomic E-state index is 13.1. The Morgan fingerprint density at radius 2 is 1.93 bits per heavy atom. The van der Waals surface area contributed by atoms with Gasteiger partial charge in [-0.3, -0.25) is 19.7 Å². The first kappa shape index (κ1) is 20.0. The SMILES string of the molecule is CC(C)(C)NC(=O)[C@@H]1C[C@H]1N(Cc1cccs1)C(=O)c1ccc([N+](=O)[O-])cc1. The van der Waals surface area contributed by atoms with Crippen molar-refractivity contribution in [2.75, 3.05) is 0 Å². The Labute approximate surface area is 167 Å². The van der Waals surface area contributed by atoms with E-state index in [0.29, 0.717) is 18.5 Å². The lowest BCUT2D eigenvalue weighted by Gasteiger charge is -2.24. The number of carbonyl (C=O) groups is 2. The van der Waals surface area contributed by atoms with Gasteiger partial charge in [-0.1, -0.05) is 6.07 Å². The first-order valence-corrected chi connectivity index (χ1v) is 9.93. The van der Waals surface area contributed by atoms with E-state index in [-0.39, 0.29) is 35.0 Å². The summed E-state index contributed by atoms with van der Waals surface area (Å²) in [5.41, 5.74) is -0.00945. The van der Waals surface area contributed by atoms with Crippen LogP contribution in [0.25, 0.3) is 0 Å². The molecule has 8 heteroatoms. The Morgan fingerprint density at radius 1 is 1.25 bits per heavy atom. The van der Waals surface area contributed by atoms with Crippen LogP contribution in [0, 0.1) is 16.0 Å². The maximum atomic E-state index is 13.1. The average molecular weight is 401 g/mol. The Kier molecular flexibility index (Phi) is 5.51. The molecule has 1 fully saturated rings. The third kappa shape index (κ3) is 4.75. The second-order valence-electron chi connectivity index (χ2n) is 7.97. The van der Waals surface area contributed by atoms with Crippen LogP contribution in [0.2, 0.25) is 0 Å². The van der Waals surface area contributed by atoms with Crippen LogP contribution in [-0.2, 0) is 11.3 Å². The van der Waals surface area contributed by atoms with Crippen molar-refractivity contribution in [1.82, 2.24) is 10.2 Å². The Morgan fingerprint density at radius 3 is 2.46 bits per heavy atom. The number of nitro benzene ring substituents is 1. The van der Waals surface area contributed by atoms with Crippen molar-refractivity contribution in [3.8, 4) is 0 Å². The van der Waals surface area contributed by atoms with Crippen LogP contribution < -0.4 is 5.32 Å². The van der Waals surface area contributed by atoms with Gasteiger partial charge in [-0.2, -0.15) is 0 Å². The van der Waals surface area contributed by atoms with Crippen molar-refractivity contribution in [3.05, 3.63) is 62.3 Å². The summed E-state index contributed by atoms with van der Waals surface area (Å²) in [7, 11) is 0. The van der Waals surface area contributed by atoms with Crippen LogP contribution in [0.1, 0.15) is 42.4 Å². The number of carbonyl (C=O) groups excluding carboxylic acids is 2. The standard InChI is InChI=1S/C20H23N3O4S/c1-20(2,3)21-18(24)16-11-17(16)22(12-15-5-4-10-28-15)19(25)13-6-8-14(9-7-13)23(26)27/h4-10,16-17H,11-12H2,1-3H3,(H,21,24)/t16-,17-/m1/s1. The Balaban J connectivity index is 1.79. The molecule has 1 aromatic heterocycles. The molecule has 1 heterocycles. The molecule has 1 aromatic carbocycles. The molecular weight excluding hydrogens is 378 g/mol. The predicted octanol–water partition coefficient (Wildman–Crippen LogP) is 3.60. The number of hydrogen-bond acceptors (Lipinski definition) is 5. The van der Waals surface area contributed by atoms with Crippen molar-refractivity contribution >= 4 is 28.8 Å². The van der Waals surface area contributed by atoms with Gasteiger partial charge in [0.25, 0.3) is 11.6 Å². The lowest BCUT2D eigenvalue weighted by atomic mass is 10.1. The van der Waals surface area contributed by atoms with E-state index in [2.05, 4.69) is 5.32 Å². The van der Waals surface area contributed by atoms with Crippen molar-refractivity contribution in [2.24, 2.45) is 5.92 Å². The highest BCUT2D eigenvalue weighted by molar-refractivity contribution is 7.09. The zero-order chi connectivity index (χ0) is 20.5. The maximum Gasteiger partial charge on any atom is 0.269 e. The van der Waals surface area contributed by atoms with Gasteiger partial charge < -0.3 is 10.2 Å². The van der Waals surface area contributed by atoms with E-state index < -0.39 is 4.92 Å². The quantitative estimate of drug-likeness (QED) is 0.591. The molecule has 0 unspecified atom stereocenters. The summed E-state index contributed by atoms with van der Waals surface area (Å²) in [6.07, 6.45) is 0.617. The minimum atomic E-state index is -0.495. The summed E-state index contributed by atoms with van der Waals surface area (Å²) in [5.74, 6) is -0.509. The minimum absolute atomic E-state index is 0.0508. The number of benzene rings is 1. The second kappa shape index (κ2) is 7.71. The third-order valence-electron chi connectivity index (χ3n) is 4.48. The Bertz CT molecular complexity index is 872. The zero-order valence-electron chi connectivity index (χ0n) is 16.0. The van der Waals surface area contributed by atoms with Crippen molar-refractivity contribution in [3.63, 3.8) is 0 Å². The number of nitrogens with zero attached hydrogens (tertiary/aromatic N) is 2. The fraction of sp³-hybridized carbons (Fsp3) is 0.400. The lowest BCUT2D eigenvalue weighted by molar-refractivity contribution is -0.384. The molecule has 2 atom stereocenters. The van der Waals surface area contributed by atoms with E-state index in [1.165, 1.54) is 24.3 Å². The summed E-state index contributed by atoms with van der Waals surface area (Å²) in [4.78, 5) is 38.7. The highest BCUT2D eigenvalue weighted by Crippen LogP contribution is 2.38. The van der Waals surface area contributed by atoms with Crippen LogP contribution in [0.4, 0.5) is 5.69 Å². The fourth-order valence-electron chi connectivity index (χ4n) is 3.07. The number of nitrogens with one attached hydrogen (secondary N) is 1. The molecule has 1 N–H and O–H groups in total. The van der Waals surface area contributed by atoms with Gasteiger partial charge in [0.15, 0.2) is 0 Å². The van der Waals surface area contributed by atoms with E-state index in [9.17, 15) is 19.7 Å². The monoisotopic (exact) mass is 401 g/mol. The molecule has 3 rings (SSSR count). The molecule has 2 aromatic rings. The van der Waals surface area contributed by atoms with E-state index in [0.717, 1.165) is 4.88 Å². The summed E-state index contributed by atoms with van der Waals surface area (Å²) < 4.78 is 0. The smallest absolute Gasteiger partial charge is 0.269 e. The van der Waals surface area contributed by atoms with Crippen LogP contribution in [0.15, 0.2) is 41.8 Å². The van der Waals surface area contributed by atoms with E-state index in [1.807, 2.05) is 38.3 Å². The van der Waals surface area contributed by atoms with Gasteiger partial charge in [-0.25, -0.2) is 0 Å². The summed E-state index contributed by atoms with van der Waals surface area (Å²) in [6, 6.07) is 9.29. The van der Waals surface area contributed by atoms with Gasteiger partial charge in [-0.05, 0) is 50.8 Å². The van der Waals surface area contributed by atoms with Gasteiger partial charge in [0.05, 0.1) is 17.4 Å². The van der Waals surface area contributed by atoms with Crippen molar-refractivity contribution in [1.29, 1.82) is 0 Å². The summed E-state index contributed by atoms with van der Waals surface area (Å²) in [6.45, 7) is 6.19. The molecule has 0 saturated heterocycles. The first-order chi connectivity index (χ1) is 13.2. The van der Waals surface area contributed by atoms with Gasteiger partial charge in [0.2, 0.25) is 5.91 Å². The van der Waals surface area contributed by atoms with E-state index in [4.69, 9.17) is 0 Å². The molecule has 148 valence electrons. The highest BCUT2D eigenvalue weighted by atomic mass is 32.1. The number of rotatable bonds is 6. The topological polar surface area (TPSA) is 92.6 Å². The number of hydrogen-bond donors (Lipinski definition) is 1. The molecule has 7 nitrogen and oxygen atoms in total. The first-order valence-electron chi connectivity index (χ1n) is 9.05. The van der Waals surface area contributed by atoms with Gasteiger partial charge in [0, 0.05) is 34.2 Å². The van der Waals surface area contributed by atoms with Gasteiger partial charge >= 0.3 is 0 Å². The van der Waals surface area contributed by atoms with Gasteiger partial charge in [-0.15, -0.1) is 11.3 Å². The normalized spacial score (nSPS) is 18.4. The largest absolute Gasteiger partial charge is 0.351 e. The third-order valence-corrected chi connectivity index (χ3v) is 5.35. The molecule has 0 aliphatic heterocycles. The number of nitro groups is 1. The van der Waals surface area contributed by atoms with Crippen LogP contribution in [0.5, 0.6) is 0 Å².